The molecule has 2 aromatic rings. The van der Waals surface area contributed by atoms with Crippen molar-refractivity contribution in [2.75, 3.05) is 31.6 Å². The highest BCUT2D eigenvalue weighted by Crippen LogP contribution is 2.23. The Kier molecular flexibility index (Phi) is 5.24. The van der Waals surface area contributed by atoms with Gasteiger partial charge in [0.2, 0.25) is 10.0 Å². The largest absolute Gasteiger partial charge is 0.379 e. The van der Waals surface area contributed by atoms with Crippen LogP contribution in [-0.2, 0) is 14.8 Å². The van der Waals surface area contributed by atoms with Gasteiger partial charge in [0.25, 0.3) is 5.91 Å². The first-order valence-corrected chi connectivity index (χ1v) is 10.2. The van der Waals surface area contributed by atoms with Crippen molar-refractivity contribution in [1.82, 2.24) is 4.31 Å². The van der Waals surface area contributed by atoms with Gasteiger partial charge >= 0.3 is 0 Å². The molecule has 0 aliphatic carbocycles. The molecular weight excluding hydrogens is 360 g/mol. The number of hydrogen-bond acceptors (Lipinski definition) is 5. The standard InChI is InChI=1S/C17H20N2O4S2/c1-12-11-16(24-13(12)2)17(20)18-14-3-5-15(6-4-14)25(21,22)19-7-9-23-10-8-19/h3-6,11H,7-10H2,1-2H3,(H,18,20). The van der Waals surface area contributed by atoms with Crippen LogP contribution in [0.25, 0.3) is 0 Å². The smallest absolute Gasteiger partial charge is 0.265 e. The van der Waals surface area contributed by atoms with Gasteiger partial charge in [-0.15, -0.1) is 11.3 Å². The molecule has 0 radical (unpaired) electrons. The number of benzene rings is 1. The quantitative estimate of drug-likeness (QED) is 0.885. The summed E-state index contributed by atoms with van der Waals surface area (Å²) in [6.45, 7) is 5.48. The van der Waals surface area contributed by atoms with Gasteiger partial charge in [-0.3, -0.25) is 4.79 Å². The minimum Gasteiger partial charge on any atom is -0.379 e. The van der Waals surface area contributed by atoms with Crippen LogP contribution >= 0.6 is 11.3 Å². The highest BCUT2D eigenvalue weighted by atomic mass is 32.2. The lowest BCUT2D eigenvalue weighted by atomic mass is 10.2. The van der Waals surface area contributed by atoms with Crippen molar-refractivity contribution in [2.45, 2.75) is 18.7 Å². The van der Waals surface area contributed by atoms with Crippen LogP contribution in [0.3, 0.4) is 0 Å². The molecule has 1 N–H and O–H groups in total. The van der Waals surface area contributed by atoms with Crippen LogP contribution in [0.1, 0.15) is 20.1 Å². The van der Waals surface area contributed by atoms with E-state index in [1.807, 2.05) is 19.9 Å². The lowest BCUT2D eigenvalue weighted by molar-refractivity contribution is 0.0730. The van der Waals surface area contributed by atoms with Gasteiger partial charge in [0.1, 0.15) is 0 Å². The summed E-state index contributed by atoms with van der Waals surface area (Å²) >= 11 is 1.44. The van der Waals surface area contributed by atoms with Crippen LogP contribution in [-0.4, -0.2) is 44.9 Å². The van der Waals surface area contributed by atoms with Gasteiger partial charge in [0.15, 0.2) is 0 Å². The van der Waals surface area contributed by atoms with E-state index >= 15 is 0 Å². The number of nitrogens with zero attached hydrogens (tertiary/aromatic N) is 1. The summed E-state index contributed by atoms with van der Waals surface area (Å²) in [5, 5.41) is 2.80. The molecule has 6 nitrogen and oxygen atoms in total. The third-order valence-electron chi connectivity index (χ3n) is 4.11. The third-order valence-corrected chi connectivity index (χ3v) is 7.17. The molecule has 8 heteroatoms. The van der Waals surface area contributed by atoms with Crippen molar-refractivity contribution in [3.05, 3.63) is 45.6 Å². The second-order valence-corrected chi connectivity index (χ2v) is 9.04. The Morgan fingerprint density at radius 1 is 1.16 bits per heavy atom. The minimum absolute atomic E-state index is 0.190. The molecule has 0 unspecified atom stereocenters. The normalized spacial score (nSPS) is 15.9. The summed E-state index contributed by atoms with van der Waals surface area (Å²) in [7, 11) is -3.52. The molecule has 0 spiro atoms. The average Bonchev–Trinajstić information content (AvgIpc) is 2.95. The number of amides is 1. The van der Waals surface area contributed by atoms with Crippen LogP contribution in [0.2, 0.25) is 0 Å². The van der Waals surface area contributed by atoms with Crippen LogP contribution in [0, 0.1) is 13.8 Å². The molecule has 1 aliphatic rings. The Labute approximate surface area is 151 Å². The zero-order chi connectivity index (χ0) is 18.0. The van der Waals surface area contributed by atoms with Gasteiger partial charge in [-0.25, -0.2) is 8.42 Å². The summed E-state index contributed by atoms with van der Waals surface area (Å²) < 4.78 is 31.7. The number of morpholine rings is 1. The van der Waals surface area contributed by atoms with Crippen LogP contribution in [0.15, 0.2) is 35.2 Å². The molecule has 1 amide bonds. The first-order chi connectivity index (χ1) is 11.9. The first-order valence-electron chi connectivity index (χ1n) is 7.94. The summed E-state index contributed by atoms with van der Waals surface area (Å²) in [6.07, 6.45) is 0. The number of carbonyl (C=O) groups is 1. The van der Waals surface area contributed by atoms with Crippen molar-refractivity contribution in [3.8, 4) is 0 Å². The fraction of sp³-hybridized carbons (Fsp3) is 0.353. The fourth-order valence-electron chi connectivity index (χ4n) is 2.52. The molecule has 134 valence electrons. The Bertz CT molecular complexity index is 847. The van der Waals surface area contributed by atoms with E-state index < -0.39 is 10.0 Å². The van der Waals surface area contributed by atoms with Gasteiger partial charge in [-0.2, -0.15) is 4.31 Å². The number of rotatable bonds is 4. The molecule has 2 heterocycles. The van der Waals surface area contributed by atoms with Crippen LogP contribution in [0.5, 0.6) is 0 Å². The number of nitrogens with one attached hydrogen (secondary N) is 1. The lowest BCUT2D eigenvalue weighted by Gasteiger charge is -2.26. The Morgan fingerprint density at radius 2 is 1.80 bits per heavy atom. The highest BCUT2D eigenvalue weighted by molar-refractivity contribution is 7.89. The predicted molar refractivity (Wildman–Crippen MR) is 97.8 cm³/mol. The molecular formula is C17H20N2O4S2. The summed E-state index contributed by atoms with van der Waals surface area (Å²) in [5.74, 6) is -0.190. The van der Waals surface area contributed by atoms with Gasteiger partial charge in [-0.05, 0) is 49.7 Å². The van der Waals surface area contributed by atoms with E-state index in [1.165, 1.54) is 27.8 Å². The summed E-state index contributed by atoms with van der Waals surface area (Å²) in [4.78, 5) is 14.2. The molecule has 1 saturated heterocycles. The van der Waals surface area contributed by atoms with E-state index in [0.29, 0.717) is 36.9 Å². The molecule has 1 fully saturated rings. The highest BCUT2D eigenvalue weighted by Gasteiger charge is 2.26. The molecule has 0 saturated carbocycles. The summed E-state index contributed by atoms with van der Waals surface area (Å²) in [5.41, 5.74) is 1.65. The Balaban J connectivity index is 1.72. The number of aryl methyl sites for hydroxylation is 2. The maximum absolute atomic E-state index is 12.6. The second-order valence-electron chi connectivity index (χ2n) is 5.84. The van der Waals surface area contributed by atoms with E-state index in [-0.39, 0.29) is 10.8 Å². The molecule has 1 aromatic heterocycles. The Hall–Kier alpha value is -1.74. The SMILES string of the molecule is Cc1cc(C(=O)Nc2ccc(S(=O)(=O)N3CCOCC3)cc2)sc1C. The van der Waals surface area contributed by atoms with Crippen molar-refractivity contribution in [3.63, 3.8) is 0 Å². The number of anilines is 1. The number of thiophene rings is 1. The average molecular weight is 380 g/mol. The van der Waals surface area contributed by atoms with Crippen molar-refractivity contribution in [1.29, 1.82) is 0 Å². The third kappa shape index (κ3) is 3.92. The van der Waals surface area contributed by atoms with E-state index in [2.05, 4.69) is 5.32 Å². The zero-order valence-electron chi connectivity index (χ0n) is 14.1. The number of ether oxygens (including phenoxy) is 1. The van der Waals surface area contributed by atoms with Gasteiger partial charge in [-0.1, -0.05) is 0 Å². The van der Waals surface area contributed by atoms with Crippen molar-refractivity contribution in [2.24, 2.45) is 0 Å². The number of hydrogen-bond donors (Lipinski definition) is 1. The predicted octanol–water partition coefficient (Wildman–Crippen LogP) is 2.64. The van der Waals surface area contributed by atoms with Crippen molar-refractivity contribution < 1.29 is 17.9 Å². The molecule has 1 aliphatic heterocycles. The summed E-state index contributed by atoms with van der Waals surface area (Å²) in [6, 6.07) is 8.11. The fourth-order valence-corrected chi connectivity index (χ4v) is 4.86. The lowest BCUT2D eigenvalue weighted by Crippen LogP contribution is -2.40. The second kappa shape index (κ2) is 7.25. The van der Waals surface area contributed by atoms with E-state index in [0.717, 1.165) is 10.4 Å². The number of sulfonamides is 1. The molecule has 0 bridgehead atoms. The molecule has 1 aromatic carbocycles. The first kappa shape index (κ1) is 18.1. The zero-order valence-corrected chi connectivity index (χ0v) is 15.7. The minimum atomic E-state index is -3.52. The maximum atomic E-state index is 12.6. The Morgan fingerprint density at radius 3 is 2.36 bits per heavy atom. The molecule has 3 rings (SSSR count). The van der Waals surface area contributed by atoms with Gasteiger partial charge < -0.3 is 10.1 Å². The topological polar surface area (TPSA) is 75.7 Å². The van der Waals surface area contributed by atoms with E-state index in [9.17, 15) is 13.2 Å². The maximum Gasteiger partial charge on any atom is 0.265 e. The number of carbonyl (C=O) groups excluding carboxylic acids is 1. The molecule has 0 atom stereocenters. The van der Waals surface area contributed by atoms with Crippen LogP contribution in [0.4, 0.5) is 5.69 Å². The van der Waals surface area contributed by atoms with Crippen molar-refractivity contribution >= 4 is 33.0 Å². The van der Waals surface area contributed by atoms with Crippen LogP contribution < -0.4 is 5.32 Å². The van der Waals surface area contributed by atoms with E-state index in [4.69, 9.17) is 4.74 Å². The van der Waals surface area contributed by atoms with Gasteiger partial charge in [0.05, 0.1) is 23.0 Å². The van der Waals surface area contributed by atoms with Gasteiger partial charge in [0, 0.05) is 23.7 Å². The monoisotopic (exact) mass is 380 g/mol. The molecule has 25 heavy (non-hydrogen) atoms. The van der Waals surface area contributed by atoms with E-state index in [1.54, 1.807) is 12.1 Å².